The summed E-state index contributed by atoms with van der Waals surface area (Å²) in [6.07, 6.45) is 3.79. The van der Waals surface area contributed by atoms with Crippen LogP contribution in [0.3, 0.4) is 0 Å². The van der Waals surface area contributed by atoms with Gasteiger partial charge in [0.1, 0.15) is 15.5 Å². The third-order valence-corrected chi connectivity index (χ3v) is 6.70. The van der Waals surface area contributed by atoms with Gasteiger partial charge in [-0.05, 0) is 43.5 Å². The normalized spacial score (nSPS) is 13.5. The number of thiophene rings is 1. The molecule has 0 unspecified atom stereocenters. The third kappa shape index (κ3) is 4.17. The summed E-state index contributed by atoms with van der Waals surface area (Å²) < 4.78 is 7.76. The number of aryl methyl sites for hydroxylation is 2. The smallest absolute Gasteiger partial charge is 0.349 e. The maximum Gasteiger partial charge on any atom is 0.349 e. The van der Waals surface area contributed by atoms with E-state index in [2.05, 4.69) is 26.2 Å². The molecule has 156 valence electrons. The van der Waals surface area contributed by atoms with Crippen LogP contribution in [0.1, 0.15) is 40.3 Å². The van der Waals surface area contributed by atoms with Gasteiger partial charge in [0.05, 0.1) is 5.39 Å². The lowest BCUT2D eigenvalue weighted by Gasteiger charge is -2.08. The van der Waals surface area contributed by atoms with Gasteiger partial charge in [0.2, 0.25) is 0 Å². The number of ether oxygens (including phenoxy) is 1. The molecule has 0 saturated carbocycles. The first-order valence-corrected chi connectivity index (χ1v) is 11.3. The number of aromatic nitrogens is 2. The standard InChI is InChI=1S/C21H20BrN3O4S/c1-12-17-19(24-15-8-3-2-4-9-25(15)20(17)27)30-18(12)21(28)29-11-16(26)23-14-7-5-6-13(22)10-14/h5-7,10H,2-4,8-9,11H2,1H3,(H,23,26). The topological polar surface area (TPSA) is 90.3 Å². The van der Waals surface area contributed by atoms with E-state index in [0.29, 0.717) is 32.9 Å². The molecule has 7 nitrogen and oxygen atoms in total. The molecule has 0 spiro atoms. The fourth-order valence-electron chi connectivity index (χ4n) is 3.56. The summed E-state index contributed by atoms with van der Waals surface area (Å²) >= 11 is 4.48. The van der Waals surface area contributed by atoms with Crippen molar-refractivity contribution < 1.29 is 14.3 Å². The Morgan fingerprint density at radius 2 is 2.13 bits per heavy atom. The summed E-state index contributed by atoms with van der Waals surface area (Å²) in [7, 11) is 0. The summed E-state index contributed by atoms with van der Waals surface area (Å²) in [5.41, 5.74) is 1.06. The molecule has 1 amide bonds. The minimum absolute atomic E-state index is 0.0999. The number of anilines is 1. The van der Waals surface area contributed by atoms with E-state index in [4.69, 9.17) is 4.74 Å². The number of amides is 1. The Bertz CT molecular complexity index is 1200. The molecule has 9 heteroatoms. The number of halogens is 1. The Labute approximate surface area is 185 Å². The SMILES string of the molecule is Cc1c(C(=O)OCC(=O)Nc2cccc(Br)c2)sc2nc3n(c(=O)c12)CCCCC3. The predicted octanol–water partition coefficient (Wildman–Crippen LogP) is 4.05. The van der Waals surface area contributed by atoms with Gasteiger partial charge in [-0.15, -0.1) is 11.3 Å². The van der Waals surface area contributed by atoms with Crippen LogP contribution in [0.2, 0.25) is 0 Å². The highest BCUT2D eigenvalue weighted by Gasteiger charge is 2.23. The third-order valence-electron chi connectivity index (χ3n) is 5.04. The van der Waals surface area contributed by atoms with Gasteiger partial charge in [-0.1, -0.05) is 28.4 Å². The van der Waals surface area contributed by atoms with Gasteiger partial charge < -0.3 is 10.1 Å². The first-order valence-electron chi connectivity index (χ1n) is 9.69. The summed E-state index contributed by atoms with van der Waals surface area (Å²) in [5.74, 6) is -0.288. The van der Waals surface area contributed by atoms with Crippen molar-refractivity contribution >= 4 is 55.0 Å². The minimum atomic E-state index is -0.625. The molecule has 3 aromatic rings. The Morgan fingerprint density at radius 1 is 1.30 bits per heavy atom. The summed E-state index contributed by atoms with van der Waals surface area (Å²) in [5, 5.41) is 3.14. The van der Waals surface area contributed by atoms with Crippen molar-refractivity contribution in [1.82, 2.24) is 9.55 Å². The van der Waals surface area contributed by atoms with E-state index in [-0.39, 0.29) is 5.56 Å². The quantitative estimate of drug-likeness (QED) is 0.558. The monoisotopic (exact) mass is 489 g/mol. The van der Waals surface area contributed by atoms with E-state index in [1.54, 1.807) is 29.7 Å². The molecular formula is C21H20BrN3O4S. The van der Waals surface area contributed by atoms with Crippen molar-refractivity contribution in [2.45, 2.75) is 39.2 Å². The van der Waals surface area contributed by atoms with Crippen LogP contribution in [-0.4, -0.2) is 28.0 Å². The number of nitrogens with one attached hydrogen (secondary N) is 1. The summed E-state index contributed by atoms with van der Waals surface area (Å²) in [4.78, 5) is 43.2. The Balaban J connectivity index is 1.52. The molecule has 0 radical (unpaired) electrons. The van der Waals surface area contributed by atoms with Crippen LogP contribution < -0.4 is 10.9 Å². The van der Waals surface area contributed by atoms with Crippen LogP contribution in [-0.2, 0) is 22.5 Å². The van der Waals surface area contributed by atoms with E-state index >= 15 is 0 Å². The molecular weight excluding hydrogens is 470 g/mol. The molecule has 2 aromatic heterocycles. The highest BCUT2D eigenvalue weighted by Crippen LogP contribution is 2.29. The van der Waals surface area contributed by atoms with Crippen molar-refractivity contribution in [2.75, 3.05) is 11.9 Å². The molecule has 0 aliphatic carbocycles. The zero-order valence-corrected chi connectivity index (χ0v) is 18.8. The zero-order chi connectivity index (χ0) is 21.3. The van der Waals surface area contributed by atoms with E-state index in [1.807, 2.05) is 6.07 Å². The maximum absolute atomic E-state index is 13.0. The van der Waals surface area contributed by atoms with E-state index in [1.165, 1.54) is 0 Å². The maximum atomic E-state index is 13.0. The van der Waals surface area contributed by atoms with Crippen LogP contribution in [0.5, 0.6) is 0 Å². The van der Waals surface area contributed by atoms with E-state index in [9.17, 15) is 14.4 Å². The first-order chi connectivity index (χ1) is 14.4. The first kappa shape index (κ1) is 20.7. The zero-order valence-electron chi connectivity index (χ0n) is 16.4. The van der Waals surface area contributed by atoms with Crippen LogP contribution in [0, 0.1) is 6.92 Å². The molecule has 0 fully saturated rings. The van der Waals surface area contributed by atoms with Gasteiger partial charge in [0.15, 0.2) is 6.61 Å². The van der Waals surface area contributed by atoms with Crippen molar-refractivity contribution in [2.24, 2.45) is 0 Å². The van der Waals surface area contributed by atoms with Crippen molar-refractivity contribution in [1.29, 1.82) is 0 Å². The van der Waals surface area contributed by atoms with Crippen LogP contribution in [0.25, 0.3) is 10.2 Å². The molecule has 0 saturated heterocycles. The fourth-order valence-corrected chi connectivity index (χ4v) is 5.05. The Morgan fingerprint density at radius 3 is 2.93 bits per heavy atom. The van der Waals surface area contributed by atoms with Gasteiger partial charge in [-0.2, -0.15) is 0 Å². The summed E-state index contributed by atoms with van der Waals surface area (Å²) in [6, 6.07) is 7.12. The molecule has 0 atom stereocenters. The number of esters is 1. The molecule has 1 aliphatic heterocycles. The number of carbonyl (C=O) groups excluding carboxylic acids is 2. The molecule has 1 aliphatic rings. The highest BCUT2D eigenvalue weighted by atomic mass is 79.9. The number of fused-ring (bicyclic) bond motifs is 2. The molecule has 3 heterocycles. The predicted molar refractivity (Wildman–Crippen MR) is 119 cm³/mol. The van der Waals surface area contributed by atoms with Crippen LogP contribution in [0.4, 0.5) is 5.69 Å². The average Bonchev–Trinajstić information content (AvgIpc) is 2.88. The second kappa shape index (κ2) is 8.69. The summed E-state index contributed by atoms with van der Waals surface area (Å²) in [6.45, 7) is 1.97. The lowest BCUT2D eigenvalue weighted by molar-refractivity contribution is -0.119. The largest absolute Gasteiger partial charge is 0.451 e. The van der Waals surface area contributed by atoms with Crippen LogP contribution >= 0.6 is 27.3 Å². The lowest BCUT2D eigenvalue weighted by atomic mass is 10.2. The second-order valence-corrected chi connectivity index (χ2v) is 9.08. The van der Waals surface area contributed by atoms with E-state index < -0.39 is 18.5 Å². The van der Waals surface area contributed by atoms with Gasteiger partial charge in [-0.25, -0.2) is 9.78 Å². The molecule has 1 N–H and O–H groups in total. The van der Waals surface area contributed by atoms with Crippen molar-refractivity contribution in [3.8, 4) is 0 Å². The van der Waals surface area contributed by atoms with Crippen molar-refractivity contribution in [3.63, 3.8) is 0 Å². The van der Waals surface area contributed by atoms with E-state index in [0.717, 1.165) is 47.3 Å². The van der Waals surface area contributed by atoms with Gasteiger partial charge >= 0.3 is 5.97 Å². The Hall–Kier alpha value is -2.52. The number of nitrogens with zero attached hydrogens (tertiary/aromatic N) is 2. The number of hydrogen-bond acceptors (Lipinski definition) is 6. The number of carbonyl (C=O) groups is 2. The van der Waals surface area contributed by atoms with Gasteiger partial charge in [0.25, 0.3) is 11.5 Å². The average molecular weight is 490 g/mol. The van der Waals surface area contributed by atoms with Gasteiger partial charge in [0, 0.05) is 23.1 Å². The molecule has 0 bridgehead atoms. The number of rotatable bonds is 4. The number of benzene rings is 1. The highest BCUT2D eigenvalue weighted by molar-refractivity contribution is 9.10. The van der Waals surface area contributed by atoms with Crippen molar-refractivity contribution in [3.05, 3.63) is 55.4 Å². The van der Waals surface area contributed by atoms with Crippen LogP contribution in [0.15, 0.2) is 33.5 Å². The molecule has 30 heavy (non-hydrogen) atoms. The lowest BCUT2D eigenvalue weighted by Crippen LogP contribution is -2.24. The second-order valence-electron chi connectivity index (χ2n) is 7.17. The fraction of sp³-hybridized carbons (Fsp3) is 0.333. The molecule has 1 aromatic carbocycles. The Kier molecular flexibility index (Phi) is 6.01. The number of hydrogen-bond donors (Lipinski definition) is 1. The minimum Gasteiger partial charge on any atom is -0.451 e. The van der Waals surface area contributed by atoms with Gasteiger partial charge in [-0.3, -0.25) is 14.2 Å². The molecule has 4 rings (SSSR count).